The summed E-state index contributed by atoms with van der Waals surface area (Å²) < 4.78 is 0. The van der Waals surface area contributed by atoms with Crippen molar-refractivity contribution >= 4 is 34.2 Å². The highest BCUT2D eigenvalue weighted by Crippen LogP contribution is 2.26. The Bertz CT molecular complexity index is 1020. The van der Waals surface area contributed by atoms with Crippen LogP contribution in [0.4, 0.5) is 16.2 Å². The molecule has 4 rings (SSSR count). The molecule has 2 aromatic carbocycles. The molecule has 1 saturated heterocycles. The summed E-state index contributed by atoms with van der Waals surface area (Å²) in [7, 11) is 0. The lowest BCUT2D eigenvalue weighted by molar-refractivity contribution is 0.102. The molecule has 2 heterocycles. The number of nitrogens with zero attached hydrogens (tertiary/aromatic N) is 1. The fourth-order valence-electron chi connectivity index (χ4n) is 3.34. The van der Waals surface area contributed by atoms with Crippen LogP contribution in [-0.2, 0) is 0 Å². The van der Waals surface area contributed by atoms with Crippen LogP contribution in [0.2, 0.25) is 0 Å². The highest BCUT2D eigenvalue weighted by atomic mass is 16.2. The van der Waals surface area contributed by atoms with Gasteiger partial charge in [-0.05, 0) is 43.7 Å². The van der Waals surface area contributed by atoms with Crippen LogP contribution in [0.3, 0.4) is 0 Å². The van der Waals surface area contributed by atoms with Crippen LogP contribution in [-0.4, -0.2) is 30.0 Å². The van der Waals surface area contributed by atoms with Crippen molar-refractivity contribution in [2.45, 2.75) is 13.8 Å². The second kappa shape index (κ2) is 6.22. The average Bonchev–Trinajstić information content (AvgIpc) is 3.19. The number of hydrogen-bond acceptors (Lipinski definition) is 2. The zero-order chi connectivity index (χ0) is 18.3. The van der Waals surface area contributed by atoms with Gasteiger partial charge in [0.15, 0.2) is 0 Å². The van der Waals surface area contributed by atoms with Crippen molar-refractivity contribution in [2.24, 2.45) is 0 Å². The first kappa shape index (κ1) is 16.2. The Morgan fingerprint density at radius 3 is 2.73 bits per heavy atom. The van der Waals surface area contributed by atoms with Gasteiger partial charge in [0.1, 0.15) is 0 Å². The highest BCUT2D eigenvalue weighted by Gasteiger charge is 2.21. The van der Waals surface area contributed by atoms with Crippen LogP contribution in [0.1, 0.15) is 21.6 Å². The van der Waals surface area contributed by atoms with Gasteiger partial charge >= 0.3 is 6.03 Å². The van der Waals surface area contributed by atoms with Crippen molar-refractivity contribution < 1.29 is 9.59 Å². The van der Waals surface area contributed by atoms with Gasteiger partial charge in [-0.1, -0.05) is 18.2 Å². The number of carbonyl (C=O) groups excluding carboxylic acids is 2. The number of nitrogens with one attached hydrogen (secondary N) is 3. The minimum Gasteiger partial charge on any atom is -0.358 e. The number of carbonyl (C=O) groups is 2. The van der Waals surface area contributed by atoms with E-state index in [0.29, 0.717) is 24.3 Å². The molecule has 6 nitrogen and oxygen atoms in total. The number of urea groups is 1. The predicted molar refractivity (Wildman–Crippen MR) is 103 cm³/mol. The van der Waals surface area contributed by atoms with Crippen molar-refractivity contribution in [3.05, 3.63) is 59.3 Å². The predicted octanol–water partition coefficient (Wildman–Crippen LogP) is 3.57. The maximum atomic E-state index is 12.8. The smallest absolute Gasteiger partial charge is 0.321 e. The van der Waals surface area contributed by atoms with E-state index in [1.165, 1.54) is 0 Å². The lowest BCUT2D eigenvalue weighted by atomic mass is 10.1. The molecular formula is C20H20N4O2. The Hall–Kier alpha value is -3.28. The average molecular weight is 348 g/mol. The van der Waals surface area contributed by atoms with Gasteiger partial charge < -0.3 is 15.6 Å². The van der Waals surface area contributed by atoms with Crippen LogP contribution in [0.25, 0.3) is 10.9 Å². The molecule has 3 N–H and O–H groups in total. The van der Waals surface area contributed by atoms with Crippen molar-refractivity contribution in [3.8, 4) is 0 Å². The third-order valence-electron chi connectivity index (χ3n) is 4.86. The number of anilines is 2. The molecule has 0 bridgehead atoms. The normalized spacial score (nSPS) is 13.9. The molecule has 0 spiro atoms. The minimum absolute atomic E-state index is 0.115. The number of rotatable bonds is 3. The fraction of sp³-hybridized carbons (Fsp3) is 0.200. The van der Waals surface area contributed by atoms with Crippen molar-refractivity contribution in [2.75, 3.05) is 23.3 Å². The van der Waals surface area contributed by atoms with Crippen molar-refractivity contribution in [3.63, 3.8) is 0 Å². The summed E-state index contributed by atoms with van der Waals surface area (Å²) in [6.45, 7) is 5.29. The molecule has 132 valence electrons. The van der Waals surface area contributed by atoms with Gasteiger partial charge in [0.2, 0.25) is 0 Å². The van der Waals surface area contributed by atoms with Crippen LogP contribution < -0.4 is 15.5 Å². The topological polar surface area (TPSA) is 77.2 Å². The van der Waals surface area contributed by atoms with E-state index >= 15 is 0 Å². The lowest BCUT2D eigenvalue weighted by Gasteiger charge is -2.15. The zero-order valence-corrected chi connectivity index (χ0v) is 14.7. The maximum absolute atomic E-state index is 12.8. The number of para-hydroxylation sites is 1. The molecule has 3 amide bonds. The van der Waals surface area contributed by atoms with Crippen LogP contribution >= 0.6 is 0 Å². The largest absolute Gasteiger partial charge is 0.358 e. The minimum atomic E-state index is -0.181. The molecule has 1 aliphatic rings. The molecule has 0 radical (unpaired) electrons. The summed E-state index contributed by atoms with van der Waals surface area (Å²) in [4.78, 5) is 29.6. The SMILES string of the molecule is Cc1[nH]c2c(C(=O)Nc3cccc(N4CCNC4=O)c3)cccc2c1C. The van der Waals surface area contributed by atoms with E-state index in [1.54, 1.807) is 4.90 Å². The molecule has 6 heteroatoms. The van der Waals surface area contributed by atoms with E-state index in [4.69, 9.17) is 0 Å². The number of aromatic nitrogens is 1. The molecule has 0 atom stereocenters. The molecule has 0 aliphatic carbocycles. The second-order valence-corrected chi connectivity index (χ2v) is 6.49. The van der Waals surface area contributed by atoms with E-state index in [-0.39, 0.29) is 11.9 Å². The van der Waals surface area contributed by atoms with Crippen molar-refractivity contribution in [1.82, 2.24) is 10.3 Å². The van der Waals surface area contributed by atoms with Crippen LogP contribution in [0, 0.1) is 13.8 Å². The molecule has 0 unspecified atom stereocenters. The molecule has 1 fully saturated rings. The summed E-state index contributed by atoms with van der Waals surface area (Å²) >= 11 is 0. The monoisotopic (exact) mass is 348 g/mol. The Balaban J connectivity index is 1.63. The number of aryl methyl sites for hydroxylation is 2. The van der Waals surface area contributed by atoms with Gasteiger partial charge in [-0.15, -0.1) is 0 Å². The highest BCUT2D eigenvalue weighted by molar-refractivity contribution is 6.12. The summed E-state index contributed by atoms with van der Waals surface area (Å²) in [5.74, 6) is -0.181. The fourth-order valence-corrected chi connectivity index (χ4v) is 3.34. The Morgan fingerprint density at radius 2 is 1.96 bits per heavy atom. The maximum Gasteiger partial charge on any atom is 0.321 e. The number of amides is 3. The van der Waals surface area contributed by atoms with Crippen molar-refractivity contribution in [1.29, 1.82) is 0 Å². The number of hydrogen-bond donors (Lipinski definition) is 3. The summed E-state index contributed by atoms with van der Waals surface area (Å²) in [5, 5.41) is 6.77. The summed E-state index contributed by atoms with van der Waals surface area (Å²) in [6.07, 6.45) is 0. The van der Waals surface area contributed by atoms with Gasteiger partial charge in [0, 0.05) is 35.5 Å². The molecule has 1 aliphatic heterocycles. The lowest BCUT2D eigenvalue weighted by Crippen LogP contribution is -2.27. The Morgan fingerprint density at radius 1 is 1.15 bits per heavy atom. The standard InChI is InChI=1S/C20H20N4O2/c1-12-13(2)22-18-16(12)7-4-8-17(18)19(25)23-14-5-3-6-15(11-14)24-10-9-21-20(24)26/h3-8,11,22H,9-10H2,1-2H3,(H,21,26)(H,23,25). The third kappa shape index (κ3) is 2.69. The van der Waals surface area contributed by atoms with Gasteiger partial charge in [-0.3, -0.25) is 9.69 Å². The Kier molecular flexibility index (Phi) is 3.88. The second-order valence-electron chi connectivity index (χ2n) is 6.49. The van der Waals surface area contributed by atoms with Crippen LogP contribution in [0.5, 0.6) is 0 Å². The van der Waals surface area contributed by atoms with Gasteiger partial charge in [-0.25, -0.2) is 4.79 Å². The van der Waals surface area contributed by atoms with E-state index in [1.807, 2.05) is 56.3 Å². The van der Waals surface area contributed by atoms with E-state index in [9.17, 15) is 9.59 Å². The number of aromatic amines is 1. The first-order valence-corrected chi connectivity index (χ1v) is 8.59. The number of fused-ring (bicyclic) bond motifs is 1. The third-order valence-corrected chi connectivity index (χ3v) is 4.86. The van der Waals surface area contributed by atoms with Gasteiger partial charge in [0.05, 0.1) is 11.1 Å². The molecule has 1 aromatic heterocycles. The van der Waals surface area contributed by atoms with Crippen LogP contribution in [0.15, 0.2) is 42.5 Å². The molecule has 3 aromatic rings. The first-order valence-electron chi connectivity index (χ1n) is 8.59. The molecular weight excluding hydrogens is 328 g/mol. The summed E-state index contributed by atoms with van der Waals surface area (Å²) in [5.41, 5.74) is 5.07. The zero-order valence-electron chi connectivity index (χ0n) is 14.7. The Labute approximate surface area is 151 Å². The molecule has 26 heavy (non-hydrogen) atoms. The molecule has 0 saturated carbocycles. The van der Waals surface area contributed by atoms with E-state index in [2.05, 4.69) is 15.6 Å². The number of benzene rings is 2. The summed E-state index contributed by atoms with van der Waals surface area (Å²) in [6, 6.07) is 12.9. The van der Waals surface area contributed by atoms with E-state index in [0.717, 1.165) is 27.8 Å². The van der Waals surface area contributed by atoms with Gasteiger partial charge in [0.25, 0.3) is 5.91 Å². The first-order chi connectivity index (χ1) is 12.5. The number of H-pyrrole nitrogens is 1. The van der Waals surface area contributed by atoms with Gasteiger partial charge in [-0.2, -0.15) is 0 Å². The van der Waals surface area contributed by atoms with E-state index < -0.39 is 0 Å². The quantitative estimate of drug-likeness (QED) is 0.677.